The van der Waals surface area contributed by atoms with E-state index >= 15 is 0 Å². The van der Waals surface area contributed by atoms with Crippen LogP contribution in [0, 0.1) is 0 Å². The van der Waals surface area contributed by atoms with E-state index in [1.807, 2.05) is 45.0 Å². The zero-order chi connectivity index (χ0) is 11.5. The highest BCUT2D eigenvalue weighted by molar-refractivity contribution is 9.10. The summed E-state index contributed by atoms with van der Waals surface area (Å²) in [6.07, 6.45) is 0. The number of halogens is 1. The van der Waals surface area contributed by atoms with Crippen molar-refractivity contribution in [2.24, 2.45) is 0 Å². The largest absolute Gasteiger partial charge is 0.384 e. The van der Waals surface area contributed by atoms with Crippen LogP contribution in [-0.4, -0.2) is 17.7 Å². The first-order valence-corrected chi connectivity index (χ1v) is 5.99. The van der Waals surface area contributed by atoms with Crippen molar-refractivity contribution >= 4 is 15.9 Å². The highest BCUT2D eigenvalue weighted by Crippen LogP contribution is 2.26. The molecule has 84 valence electrons. The van der Waals surface area contributed by atoms with Crippen LogP contribution in [0.4, 0.5) is 0 Å². The molecule has 0 saturated carbocycles. The first-order valence-electron chi connectivity index (χ1n) is 5.20. The fourth-order valence-corrected chi connectivity index (χ4v) is 1.96. The average molecular weight is 272 g/mol. The van der Waals surface area contributed by atoms with Gasteiger partial charge in [-0.2, -0.15) is 0 Å². The summed E-state index contributed by atoms with van der Waals surface area (Å²) >= 11 is 3.41. The average Bonchev–Trinajstić information content (AvgIpc) is 2.18. The smallest absolute Gasteiger partial charge is 0.102 e. The molecule has 15 heavy (non-hydrogen) atoms. The van der Waals surface area contributed by atoms with Crippen LogP contribution in [0.25, 0.3) is 0 Å². The molecule has 3 heteroatoms. The van der Waals surface area contributed by atoms with Crippen molar-refractivity contribution in [3.63, 3.8) is 0 Å². The number of likely N-dealkylation sites (N-methyl/N-ethyl adjacent to an activating group) is 1. The van der Waals surface area contributed by atoms with Gasteiger partial charge < -0.3 is 10.4 Å². The topological polar surface area (TPSA) is 32.3 Å². The predicted octanol–water partition coefficient (Wildman–Crippen LogP) is 2.65. The summed E-state index contributed by atoms with van der Waals surface area (Å²) in [6, 6.07) is 7.81. The maximum absolute atomic E-state index is 10.4. The third kappa shape index (κ3) is 3.03. The molecule has 2 unspecified atom stereocenters. The van der Waals surface area contributed by atoms with Crippen molar-refractivity contribution in [1.29, 1.82) is 0 Å². The molecule has 0 radical (unpaired) electrons. The Morgan fingerprint density at radius 2 is 2.20 bits per heavy atom. The van der Waals surface area contributed by atoms with Crippen LogP contribution in [0.1, 0.15) is 26.3 Å². The molecular formula is C12H18BrNO. The van der Waals surface area contributed by atoms with Gasteiger partial charge in [0.05, 0.1) is 0 Å². The molecule has 1 aromatic carbocycles. The fourth-order valence-electron chi connectivity index (χ4n) is 1.56. The molecule has 1 rings (SSSR count). The summed E-state index contributed by atoms with van der Waals surface area (Å²) < 4.78 is 0.990. The van der Waals surface area contributed by atoms with Crippen LogP contribution in [0.2, 0.25) is 0 Å². The molecule has 0 saturated heterocycles. The van der Waals surface area contributed by atoms with Gasteiger partial charge in [0, 0.05) is 10.5 Å². The molecule has 0 heterocycles. The van der Waals surface area contributed by atoms with E-state index in [4.69, 9.17) is 0 Å². The molecule has 0 aliphatic carbocycles. The van der Waals surface area contributed by atoms with Crippen LogP contribution < -0.4 is 5.32 Å². The Morgan fingerprint density at radius 1 is 1.53 bits per heavy atom. The standard InChI is InChI=1S/C12H18BrNO/c1-4-14-9(2)12(3,15)10-6-5-7-11(13)8-10/h5-9,14-15H,4H2,1-3H3. The van der Waals surface area contributed by atoms with Gasteiger partial charge in [0.2, 0.25) is 0 Å². The Hall–Kier alpha value is -0.380. The Balaban J connectivity index is 2.94. The Bertz CT molecular complexity index is 325. The predicted molar refractivity (Wildman–Crippen MR) is 66.9 cm³/mol. The summed E-state index contributed by atoms with van der Waals surface area (Å²) in [5, 5.41) is 13.7. The van der Waals surface area contributed by atoms with E-state index in [0.717, 1.165) is 16.6 Å². The van der Waals surface area contributed by atoms with Crippen molar-refractivity contribution in [3.05, 3.63) is 34.3 Å². The van der Waals surface area contributed by atoms with E-state index in [1.54, 1.807) is 0 Å². The molecule has 0 aliphatic rings. The van der Waals surface area contributed by atoms with Gasteiger partial charge in [0.15, 0.2) is 0 Å². The van der Waals surface area contributed by atoms with Crippen LogP contribution in [0.5, 0.6) is 0 Å². The maximum Gasteiger partial charge on any atom is 0.102 e. The van der Waals surface area contributed by atoms with Crippen LogP contribution in [0.3, 0.4) is 0 Å². The van der Waals surface area contributed by atoms with Gasteiger partial charge in [-0.3, -0.25) is 0 Å². The molecule has 0 amide bonds. The minimum atomic E-state index is -0.847. The number of aliphatic hydroxyl groups is 1. The molecule has 0 aromatic heterocycles. The lowest BCUT2D eigenvalue weighted by Gasteiger charge is -2.31. The Kier molecular flexibility index (Phi) is 4.32. The van der Waals surface area contributed by atoms with Gasteiger partial charge in [0.25, 0.3) is 0 Å². The second-order valence-corrected chi connectivity index (χ2v) is 4.85. The summed E-state index contributed by atoms with van der Waals surface area (Å²) in [5.41, 5.74) is 0.0742. The first kappa shape index (κ1) is 12.7. The van der Waals surface area contributed by atoms with Crippen LogP contribution >= 0.6 is 15.9 Å². The normalized spacial score (nSPS) is 17.1. The molecule has 0 fully saturated rings. The summed E-state index contributed by atoms with van der Waals surface area (Å²) in [7, 11) is 0. The lowest BCUT2D eigenvalue weighted by Crippen LogP contribution is -2.44. The molecule has 1 aromatic rings. The Labute approximate surface area is 99.8 Å². The SMILES string of the molecule is CCNC(C)C(C)(O)c1cccc(Br)c1. The monoisotopic (exact) mass is 271 g/mol. The molecule has 2 nitrogen and oxygen atoms in total. The highest BCUT2D eigenvalue weighted by atomic mass is 79.9. The van der Waals surface area contributed by atoms with Crippen LogP contribution in [-0.2, 0) is 5.60 Å². The number of benzene rings is 1. The van der Waals surface area contributed by atoms with Crippen molar-refractivity contribution in [2.45, 2.75) is 32.4 Å². The summed E-state index contributed by atoms with van der Waals surface area (Å²) in [4.78, 5) is 0. The fraction of sp³-hybridized carbons (Fsp3) is 0.500. The van der Waals surface area contributed by atoms with E-state index in [-0.39, 0.29) is 6.04 Å². The van der Waals surface area contributed by atoms with Crippen molar-refractivity contribution < 1.29 is 5.11 Å². The molecule has 0 aliphatic heterocycles. The quantitative estimate of drug-likeness (QED) is 0.883. The highest BCUT2D eigenvalue weighted by Gasteiger charge is 2.29. The Morgan fingerprint density at radius 3 is 2.73 bits per heavy atom. The van der Waals surface area contributed by atoms with Gasteiger partial charge in [-0.15, -0.1) is 0 Å². The zero-order valence-electron chi connectivity index (χ0n) is 9.42. The minimum Gasteiger partial charge on any atom is -0.384 e. The summed E-state index contributed by atoms with van der Waals surface area (Å²) in [5.74, 6) is 0. The van der Waals surface area contributed by atoms with Gasteiger partial charge in [-0.05, 0) is 38.1 Å². The van der Waals surface area contributed by atoms with E-state index in [1.165, 1.54) is 0 Å². The molecule has 0 spiro atoms. The molecular weight excluding hydrogens is 254 g/mol. The molecule has 2 atom stereocenters. The minimum absolute atomic E-state index is 0.0248. The number of nitrogens with one attached hydrogen (secondary N) is 1. The van der Waals surface area contributed by atoms with Gasteiger partial charge >= 0.3 is 0 Å². The summed E-state index contributed by atoms with van der Waals surface area (Å²) in [6.45, 7) is 6.71. The van der Waals surface area contributed by atoms with Crippen molar-refractivity contribution in [2.75, 3.05) is 6.54 Å². The third-order valence-electron chi connectivity index (χ3n) is 2.76. The van der Waals surface area contributed by atoms with E-state index in [9.17, 15) is 5.11 Å². The maximum atomic E-state index is 10.4. The van der Waals surface area contributed by atoms with Gasteiger partial charge in [-0.1, -0.05) is 35.0 Å². The van der Waals surface area contributed by atoms with Crippen LogP contribution in [0.15, 0.2) is 28.7 Å². The second kappa shape index (κ2) is 5.10. The van der Waals surface area contributed by atoms with E-state index in [0.29, 0.717) is 0 Å². The van der Waals surface area contributed by atoms with Crippen molar-refractivity contribution in [3.8, 4) is 0 Å². The zero-order valence-corrected chi connectivity index (χ0v) is 11.0. The molecule has 2 N–H and O–H groups in total. The molecule has 0 bridgehead atoms. The lowest BCUT2D eigenvalue weighted by atomic mass is 9.89. The second-order valence-electron chi connectivity index (χ2n) is 3.94. The van der Waals surface area contributed by atoms with Gasteiger partial charge in [-0.25, -0.2) is 0 Å². The number of hydrogen-bond acceptors (Lipinski definition) is 2. The van der Waals surface area contributed by atoms with Gasteiger partial charge in [0.1, 0.15) is 5.60 Å². The van der Waals surface area contributed by atoms with Crippen molar-refractivity contribution in [1.82, 2.24) is 5.32 Å². The first-order chi connectivity index (χ1) is 6.98. The third-order valence-corrected chi connectivity index (χ3v) is 3.26. The lowest BCUT2D eigenvalue weighted by molar-refractivity contribution is 0.0221. The number of hydrogen-bond donors (Lipinski definition) is 2. The number of rotatable bonds is 4. The van der Waals surface area contributed by atoms with E-state index < -0.39 is 5.60 Å². The van der Waals surface area contributed by atoms with E-state index in [2.05, 4.69) is 21.2 Å².